The Morgan fingerprint density at radius 1 is 1.07 bits per heavy atom. The highest BCUT2D eigenvalue weighted by molar-refractivity contribution is 5.96. The van der Waals surface area contributed by atoms with Crippen LogP contribution < -0.4 is 21.7 Å². The maximum absolute atomic E-state index is 12.3. The molecule has 3 amide bonds. The fraction of sp³-hybridized carbons (Fsp3) is 0.333. The molecule has 1 saturated heterocycles. The molecule has 28 heavy (non-hydrogen) atoms. The van der Waals surface area contributed by atoms with E-state index in [1.807, 2.05) is 31.2 Å². The van der Waals surface area contributed by atoms with E-state index in [0.717, 1.165) is 30.6 Å². The second-order valence-corrected chi connectivity index (χ2v) is 6.93. The molecule has 0 radical (unpaired) electrons. The third kappa shape index (κ3) is 5.55. The molecule has 2 unspecified atom stereocenters. The highest BCUT2D eigenvalue weighted by Gasteiger charge is 2.17. The van der Waals surface area contributed by atoms with Crippen molar-refractivity contribution in [3.8, 4) is 0 Å². The van der Waals surface area contributed by atoms with Gasteiger partial charge in [0.2, 0.25) is 5.91 Å². The second kappa shape index (κ2) is 9.34. The van der Waals surface area contributed by atoms with Crippen molar-refractivity contribution in [2.45, 2.75) is 31.9 Å². The molecule has 3 rings (SSSR count). The van der Waals surface area contributed by atoms with Crippen LogP contribution in [0.2, 0.25) is 0 Å². The van der Waals surface area contributed by atoms with Gasteiger partial charge in [-0.3, -0.25) is 4.79 Å². The number of nitrogens with two attached hydrogens (primary N) is 1. The quantitative estimate of drug-likeness (QED) is 0.616. The number of rotatable bonds is 6. The molecule has 1 aliphatic heterocycles. The molecule has 7 heteroatoms. The first-order valence-corrected chi connectivity index (χ1v) is 9.41. The second-order valence-electron chi connectivity index (χ2n) is 6.93. The zero-order valence-electron chi connectivity index (χ0n) is 15.9. The first-order valence-electron chi connectivity index (χ1n) is 9.41. The fourth-order valence-electron chi connectivity index (χ4n) is 2.97. The van der Waals surface area contributed by atoms with Crippen molar-refractivity contribution < 1.29 is 14.3 Å². The van der Waals surface area contributed by atoms with Crippen molar-refractivity contribution in [3.63, 3.8) is 0 Å². The minimum atomic E-state index is -0.748. The first-order chi connectivity index (χ1) is 13.5. The summed E-state index contributed by atoms with van der Waals surface area (Å²) in [7, 11) is 0. The van der Waals surface area contributed by atoms with Crippen molar-refractivity contribution >= 4 is 23.3 Å². The van der Waals surface area contributed by atoms with E-state index in [0.29, 0.717) is 17.9 Å². The zero-order chi connectivity index (χ0) is 19.9. The van der Waals surface area contributed by atoms with Crippen LogP contribution in [0, 0.1) is 6.92 Å². The van der Waals surface area contributed by atoms with E-state index in [1.54, 1.807) is 24.3 Å². The van der Waals surface area contributed by atoms with Crippen LogP contribution in [0.15, 0.2) is 48.5 Å². The number of ether oxygens (including phenoxy) is 1. The molecule has 2 aromatic carbocycles. The Balaban J connectivity index is 1.48. The normalized spacial score (nSPS) is 17.0. The van der Waals surface area contributed by atoms with Crippen molar-refractivity contribution in [2.75, 3.05) is 23.8 Å². The monoisotopic (exact) mass is 382 g/mol. The van der Waals surface area contributed by atoms with Crippen LogP contribution in [0.1, 0.15) is 30.0 Å². The number of carbonyl (C=O) groups excluding carboxylic acids is 2. The number of anilines is 2. The molecule has 0 aliphatic carbocycles. The molecule has 0 saturated carbocycles. The minimum absolute atomic E-state index is 0.0982. The van der Waals surface area contributed by atoms with Crippen molar-refractivity contribution in [1.29, 1.82) is 0 Å². The van der Waals surface area contributed by atoms with Gasteiger partial charge in [-0.05, 0) is 49.6 Å². The summed E-state index contributed by atoms with van der Waals surface area (Å²) in [5.74, 6) is -0.293. The molecule has 0 bridgehead atoms. The van der Waals surface area contributed by atoms with Crippen LogP contribution in [-0.2, 0) is 9.53 Å². The van der Waals surface area contributed by atoms with Gasteiger partial charge in [0.25, 0.3) is 0 Å². The van der Waals surface area contributed by atoms with Gasteiger partial charge in [0, 0.05) is 24.5 Å². The van der Waals surface area contributed by atoms with Crippen LogP contribution in [0.3, 0.4) is 0 Å². The average Bonchev–Trinajstić information content (AvgIpc) is 3.21. The lowest BCUT2D eigenvalue weighted by atomic mass is 10.1. The number of amides is 3. The summed E-state index contributed by atoms with van der Waals surface area (Å²) in [6.45, 7) is 3.24. The van der Waals surface area contributed by atoms with E-state index in [4.69, 9.17) is 10.5 Å². The van der Waals surface area contributed by atoms with Gasteiger partial charge in [0.1, 0.15) is 6.04 Å². The SMILES string of the molecule is Cc1ccc(C(N)C(=O)Nc2ccc(NC(=O)NCC3CCCO3)cc2)cc1. The Morgan fingerprint density at radius 3 is 2.32 bits per heavy atom. The van der Waals surface area contributed by atoms with Crippen LogP contribution in [0.25, 0.3) is 0 Å². The molecule has 0 aromatic heterocycles. The molecule has 148 valence electrons. The summed E-state index contributed by atoms with van der Waals surface area (Å²) in [5, 5.41) is 8.34. The van der Waals surface area contributed by atoms with E-state index >= 15 is 0 Å². The third-order valence-electron chi connectivity index (χ3n) is 4.64. The average molecular weight is 382 g/mol. The summed E-state index contributed by atoms with van der Waals surface area (Å²) >= 11 is 0. The predicted molar refractivity (Wildman–Crippen MR) is 109 cm³/mol. The lowest BCUT2D eigenvalue weighted by Gasteiger charge is -2.14. The lowest BCUT2D eigenvalue weighted by Crippen LogP contribution is -2.35. The highest BCUT2D eigenvalue weighted by atomic mass is 16.5. The van der Waals surface area contributed by atoms with Crippen LogP contribution in [0.4, 0.5) is 16.2 Å². The molecule has 1 fully saturated rings. The Bertz CT molecular complexity index is 799. The first kappa shape index (κ1) is 19.9. The molecule has 0 spiro atoms. The lowest BCUT2D eigenvalue weighted by molar-refractivity contribution is -0.117. The predicted octanol–water partition coefficient (Wildman–Crippen LogP) is 2.93. The van der Waals surface area contributed by atoms with Gasteiger partial charge < -0.3 is 26.4 Å². The van der Waals surface area contributed by atoms with E-state index in [1.165, 1.54) is 0 Å². The van der Waals surface area contributed by atoms with E-state index in [9.17, 15) is 9.59 Å². The van der Waals surface area contributed by atoms with Crippen molar-refractivity contribution in [2.24, 2.45) is 5.73 Å². The maximum Gasteiger partial charge on any atom is 0.319 e. The third-order valence-corrected chi connectivity index (χ3v) is 4.64. The Labute approximate surface area is 164 Å². The Kier molecular flexibility index (Phi) is 6.62. The summed E-state index contributed by atoms with van der Waals surface area (Å²) < 4.78 is 5.47. The van der Waals surface area contributed by atoms with E-state index < -0.39 is 6.04 Å². The Hall–Kier alpha value is -2.90. The molecule has 2 aromatic rings. The summed E-state index contributed by atoms with van der Waals surface area (Å²) in [6.07, 6.45) is 2.11. The van der Waals surface area contributed by atoms with Crippen LogP contribution in [-0.4, -0.2) is 31.2 Å². The molecule has 1 aliphatic rings. The van der Waals surface area contributed by atoms with Gasteiger partial charge in [0.05, 0.1) is 6.10 Å². The highest BCUT2D eigenvalue weighted by Crippen LogP contribution is 2.17. The summed E-state index contributed by atoms with van der Waals surface area (Å²) in [5.41, 5.74) is 9.13. The van der Waals surface area contributed by atoms with Gasteiger partial charge in [-0.15, -0.1) is 0 Å². The topological polar surface area (TPSA) is 105 Å². The van der Waals surface area contributed by atoms with Gasteiger partial charge in [-0.2, -0.15) is 0 Å². The molecule has 1 heterocycles. The van der Waals surface area contributed by atoms with E-state index in [-0.39, 0.29) is 18.0 Å². The van der Waals surface area contributed by atoms with E-state index in [2.05, 4.69) is 16.0 Å². The zero-order valence-corrected chi connectivity index (χ0v) is 15.9. The molecule has 5 N–H and O–H groups in total. The fourth-order valence-corrected chi connectivity index (χ4v) is 2.97. The number of hydrogen-bond donors (Lipinski definition) is 4. The van der Waals surface area contributed by atoms with Crippen LogP contribution in [0.5, 0.6) is 0 Å². The minimum Gasteiger partial charge on any atom is -0.376 e. The van der Waals surface area contributed by atoms with Gasteiger partial charge in [-0.25, -0.2) is 4.79 Å². The summed E-state index contributed by atoms with van der Waals surface area (Å²) in [6, 6.07) is 13.4. The number of hydrogen-bond acceptors (Lipinski definition) is 4. The maximum atomic E-state index is 12.3. The summed E-state index contributed by atoms with van der Waals surface area (Å²) in [4.78, 5) is 24.3. The molecular formula is C21H26N4O3. The number of carbonyl (C=O) groups is 2. The van der Waals surface area contributed by atoms with Gasteiger partial charge in [-0.1, -0.05) is 29.8 Å². The molecule has 7 nitrogen and oxygen atoms in total. The van der Waals surface area contributed by atoms with Gasteiger partial charge in [0.15, 0.2) is 0 Å². The number of aryl methyl sites for hydroxylation is 1. The number of benzene rings is 2. The largest absolute Gasteiger partial charge is 0.376 e. The number of urea groups is 1. The smallest absolute Gasteiger partial charge is 0.319 e. The Morgan fingerprint density at radius 2 is 1.71 bits per heavy atom. The van der Waals surface area contributed by atoms with Crippen molar-refractivity contribution in [1.82, 2.24) is 5.32 Å². The van der Waals surface area contributed by atoms with Gasteiger partial charge >= 0.3 is 6.03 Å². The molecule has 2 atom stereocenters. The molecular weight excluding hydrogens is 356 g/mol. The van der Waals surface area contributed by atoms with Crippen LogP contribution >= 0.6 is 0 Å². The van der Waals surface area contributed by atoms with Crippen molar-refractivity contribution in [3.05, 3.63) is 59.7 Å². The number of nitrogens with one attached hydrogen (secondary N) is 3. The standard InChI is InChI=1S/C21H26N4O3/c1-14-4-6-15(7-5-14)19(22)20(26)24-16-8-10-17(11-9-16)25-21(27)23-13-18-3-2-12-28-18/h4-11,18-19H,2-3,12-13,22H2,1H3,(H,24,26)(H2,23,25,27).